The van der Waals surface area contributed by atoms with Crippen LogP contribution in [-0.4, -0.2) is 0 Å². The molecule has 15 heavy (non-hydrogen) atoms. The third-order valence-electron chi connectivity index (χ3n) is 2.48. The summed E-state index contributed by atoms with van der Waals surface area (Å²) >= 11 is 5.85. The molecule has 0 aliphatic heterocycles. The average molecular weight is 216 g/mol. The minimum Gasteiger partial charge on any atom is -0.0843 e. The van der Waals surface area contributed by atoms with Crippen molar-refractivity contribution in [1.29, 1.82) is 0 Å². The molecule has 1 radical (unpaired) electrons. The first-order valence-electron chi connectivity index (χ1n) is 4.92. The summed E-state index contributed by atoms with van der Waals surface area (Å²) in [6.07, 6.45) is 0. The molecule has 0 atom stereocenters. The van der Waals surface area contributed by atoms with Gasteiger partial charge in [-0.1, -0.05) is 61.0 Å². The summed E-state index contributed by atoms with van der Waals surface area (Å²) in [5, 5.41) is 0.777. The molecular weight excluding hydrogens is 204 g/mol. The number of rotatable bonds is 2. The Balaban J connectivity index is 2.29. The van der Waals surface area contributed by atoms with Gasteiger partial charge in [0.05, 0.1) is 0 Å². The van der Waals surface area contributed by atoms with E-state index >= 15 is 0 Å². The Morgan fingerprint density at radius 3 is 1.93 bits per heavy atom. The topological polar surface area (TPSA) is 0 Å². The first-order chi connectivity index (χ1) is 7.27. The van der Waals surface area contributed by atoms with E-state index in [2.05, 4.69) is 31.2 Å². The maximum absolute atomic E-state index is 5.85. The van der Waals surface area contributed by atoms with Gasteiger partial charge in [0.25, 0.3) is 0 Å². The predicted molar refractivity (Wildman–Crippen MR) is 65.0 cm³/mol. The van der Waals surface area contributed by atoms with Crippen LogP contribution in [0.5, 0.6) is 0 Å². The van der Waals surface area contributed by atoms with Crippen molar-refractivity contribution in [1.82, 2.24) is 0 Å². The lowest BCUT2D eigenvalue weighted by molar-refractivity contribution is 1.19. The fourth-order valence-electron chi connectivity index (χ4n) is 1.55. The largest absolute Gasteiger partial charge is 0.0843 e. The molecule has 0 aromatic heterocycles. The summed E-state index contributed by atoms with van der Waals surface area (Å²) in [5.74, 6) is 1.27. The van der Waals surface area contributed by atoms with Crippen LogP contribution in [0.25, 0.3) is 0 Å². The maximum Gasteiger partial charge on any atom is 0.0406 e. The highest BCUT2D eigenvalue weighted by Crippen LogP contribution is 2.23. The predicted octanol–water partition coefficient (Wildman–Crippen LogP) is 4.33. The van der Waals surface area contributed by atoms with Crippen molar-refractivity contribution < 1.29 is 0 Å². The van der Waals surface area contributed by atoms with Crippen molar-refractivity contribution in [2.75, 3.05) is 0 Å². The third-order valence-corrected chi connectivity index (χ3v) is 2.74. The fraction of sp³-hybridized carbons (Fsp3) is 0.0714. The molecule has 0 N–H and O–H groups in total. The van der Waals surface area contributed by atoms with E-state index in [9.17, 15) is 0 Å². The van der Waals surface area contributed by atoms with Gasteiger partial charge in [-0.25, -0.2) is 0 Å². The van der Waals surface area contributed by atoms with Crippen LogP contribution in [0.1, 0.15) is 18.1 Å². The Morgan fingerprint density at radius 1 is 0.800 bits per heavy atom. The SMILES string of the molecule is C[C](c1ccccc1)c1ccc(Cl)cc1. The van der Waals surface area contributed by atoms with Gasteiger partial charge < -0.3 is 0 Å². The monoisotopic (exact) mass is 215 g/mol. The molecule has 0 aliphatic rings. The maximum atomic E-state index is 5.85. The number of halogens is 1. The molecule has 0 saturated carbocycles. The van der Waals surface area contributed by atoms with Crippen LogP contribution in [-0.2, 0) is 0 Å². The molecule has 2 aromatic carbocycles. The second-order valence-corrected chi connectivity index (χ2v) is 3.93. The number of hydrogen-bond acceptors (Lipinski definition) is 0. The minimum absolute atomic E-state index is 0.777. The van der Waals surface area contributed by atoms with Gasteiger partial charge in [-0.2, -0.15) is 0 Å². The molecule has 0 amide bonds. The van der Waals surface area contributed by atoms with Gasteiger partial charge in [-0.05, 0) is 23.3 Å². The Bertz CT molecular complexity index is 417. The van der Waals surface area contributed by atoms with Crippen molar-refractivity contribution in [3.05, 3.63) is 76.7 Å². The lowest BCUT2D eigenvalue weighted by Gasteiger charge is -2.11. The molecule has 0 bridgehead atoms. The molecule has 75 valence electrons. The summed E-state index contributed by atoms with van der Waals surface area (Å²) in [5.41, 5.74) is 2.46. The summed E-state index contributed by atoms with van der Waals surface area (Å²) in [4.78, 5) is 0. The summed E-state index contributed by atoms with van der Waals surface area (Å²) in [6, 6.07) is 18.3. The van der Waals surface area contributed by atoms with E-state index in [0.717, 1.165) is 5.02 Å². The van der Waals surface area contributed by atoms with Crippen molar-refractivity contribution in [3.8, 4) is 0 Å². The van der Waals surface area contributed by atoms with E-state index in [1.54, 1.807) is 0 Å². The smallest absolute Gasteiger partial charge is 0.0406 e. The molecule has 0 spiro atoms. The zero-order valence-electron chi connectivity index (χ0n) is 8.57. The summed E-state index contributed by atoms with van der Waals surface area (Å²) in [6.45, 7) is 2.12. The van der Waals surface area contributed by atoms with Crippen molar-refractivity contribution in [2.24, 2.45) is 0 Å². The van der Waals surface area contributed by atoms with E-state index in [4.69, 9.17) is 11.6 Å². The van der Waals surface area contributed by atoms with E-state index in [1.807, 2.05) is 30.3 Å². The van der Waals surface area contributed by atoms with Gasteiger partial charge in [0, 0.05) is 10.9 Å². The second-order valence-electron chi connectivity index (χ2n) is 3.50. The van der Waals surface area contributed by atoms with Gasteiger partial charge in [0.15, 0.2) is 0 Å². The Hall–Kier alpha value is -1.27. The van der Waals surface area contributed by atoms with Crippen LogP contribution in [0.3, 0.4) is 0 Å². The molecule has 0 fully saturated rings. The fourth-order valence-corrected chi connectivity index (χ4v) is 1.68. The van der Waals surface area contributed by atoms with Gasteiger partial charge in [-0.15, -0.1) is 0 Å². The number of benzene rings is 2. The van der Waals surface area contributed by atoms with Gasteiger partial charge in [-0.3, -0.25) is 0 Å². The Morgan fingerprint density at radius 2 is 1.33 bits per heavy atom. The van der Waals surface area contributed by atoms with Crippen LogP contribution >= 0.6 is 11.6 Å². The lowest BCUT2D eigenvalue weighted by Crippen LogP contribution is -1.95. The molecule has 0 saturated heterocycles. The molecule has 2 rings (SSSR count). The van der Waals surface area contributed by atoms with Gasteiger partial charge in [0.2, 0.25) is 0 Å². The first-order valence-corrected chi connectivity index (χ1v) is 5.30. The van der Waals surface area contributed by atoms with E-state index in [-0.39, 0.29) is 0 Å². The van der Waals surface area contributed by atoms with Crippen molar-refractivity contribution >= 4 is 11.6 Å². The van der Waals surface area contributed by atoms with Crippen LogP contribution in [0.15, 0.2) is 54.6 Å². The summed E-state index contributed by atoms with van der Waals surface area (Å²) < 4.78 is 0. The van der Waals surface area contributed by atoms with Crippen LogP contribution in [0.2, 0.25) is 5.02 Å². The lowest BCUT2D eigenvalue weighted by atomic mass is 9.93. The van der Waals surface area contributed by atoms with Crippen molar-refractivity contribution in [2.45, 2.75) is 6.92 Å². The standard InChI is InChI=1S/C14H12Cl/c1-11(12-5-3-2-4-6-12)13-7-9-14(15)10-8-13/h2-10H,1H3. The Labute approximate surface area is 95.5 Å². The highest BCUT2D eigenvalue weighted by atomic mass is 35.5. The molecule has 0 nitrogen and oxygen atoms in total. The molecule has 1 heteroatoms. The summed E-state index contributed by atoms with van der Waals surface area (Å²) in [7, 11) is 0. The highest BCUT2D eigenvalue weighted by molar-refractivity contribution is 6.30. The van der Waals surface area contributed by atoms with Gasteiger partial charge >= 0.3 is 0 Å². The zero-order valence-corrected chi connectivity index (χ0v) is 9.33. The Kier molecular flexibility index (Phi) is 3.08. The van der Waals surface area contributed by atoms with Crippen molar-refractivity contribution in [3.63, 3.8) is 0 Å². The van der Waals surface area contributed by atoms with E-state index in [1.165, 1.54) is 17.0 Å². The zero-order chi connectivity index (χ0) is 10.7. The second kappa shape index (κ2) is 4.50. The van der Waals surface area contributed by atoms with E-state index < -0.39 is 0 Å². The van der Waals surface area contributed by atoms with Crippen LogP contribution in [0, 0.1) is 5.92 Å². The average Bonchev–Trinajstić information content (AvgIpc) is 2.30. The third kappa shape index (κ3) is 2.40. The highest BCUT2D eigenvalue weighted by Gasteiger charge is 2.07. The van der Waals surface area contributed by atoms with E-state index in [0.29, 0.717) is 0 Å². The molecule has 0 aliphatic carbocycles. The van der Waals surface area contributed by atoms with Gasteiger partial charge in [0.1, 0.15) is 0 Å². The van der Waals surface area contributed by atoms with Crippen LogP contribution < -0.4 is 0 Å². The molecular formula is C14H12Cl. The first kappa shape index (κ1) is 10.3. The molecule has 2 aromatic rings. The molecule has 0 unspecified atom stereocenters. The van der Waals surface area contributed by atoms with Crippen LogP contribution in [0.4, 0.5) is 0 Å². The minimum atomic E-state index is 0.777. The quantitative estimate of drug-likeness (QED) is 0.700. The molecule has 0 heterocycles. The number of hydrogen-bond donors (Lipinski definition) is 0. The normalized spacial score (nSPS) is 10.6.